The van der Waals surface area contributed by atoms with Crippen LogP contribution in [0.15, 0.2) is 12.2 Å². The monoisotopic (exact) mass is 407 g/mol. The third-order valence-corrected chi connectivity index (χ3v) is 5.11. The Morgan fingerprint density at radius 3 is 2.41 bits per heavy atom. The second kappa shape index (κ2) is 7.05. The molecule has 29 heavy (non-hydrogen) atoms. The molecule has 3 aliphatic rings. The summed E-state index contributed by atoms with van der Waals surface area (Å²) in [6, 6.07) is -2.65. The van der Waals surface area contributed by atoms with Gasteiger partial charge in [0.2, 0.25) is 23.8 Å². The first-order valence-electron chi connectivity index (χ1n) is 9.21. The number of nitrogens with zero attached hydrogens (tertiary/aromatic N) is 3. The van der Waals surface area contributed by atoms with Crippen LogP contribution in [0.4, 0.5) is 4.79 Å². The van der Waals surface area contributed by atoms with Gasteiger partial charge in [-0.25, -0.2) is 4.79 Å². The molecule has 0 N–H and O–H groups in total. The van der Waals surface area contributed by atoms with E-state index >= 15 is 0 Å². The molecule has 0 aromatic rings. The lowest BCUT2D eigenvalue weighted by Gasteiger charge is -2.34. The summed E-state index contributed by atoms with van der Waals surface area (Å²) < 4.78 is 5.08. The lowest BCUT2D eigenvalue weighted by atomic mass is 9.82. The van der Waals surface area contributed by atoms with E-state index in [0.29, 0.717) is 9.80 Å². The molecule has 2 saturated heterocycles. The maximum atomic E-state index is 12.9. The molecule has 0 bridgehead atoms. The zero-order valence-corrected chi connectivity index (χ0v) is 16.2. The van der Waals surface area contributed by atoms with Gasteiger partial charge in [0, 0.05) is 17.8 Å². The second-order valence-electron chi connectivity index (χ2n) is 8.22. The molecule has 156 valence electrons. The van der Waals surface area contributed by atoms with Crippen LogP contribution in [0.25, 0.3) is 0 Å². The highest BCUT2D eigenvalue weighted by Gasteiger charge is 2.59. The smallest absolute Gasteiger partial charge is 0.424 e. The zero-order chi connectivity index (χ0) is 21.7. The lowest BCUT2D eigenvalue weighted by molar-refractivity contribution is -0.529. The van der Waals surface area contributed by atoms with Gasteiger partial charge < -0.3 is 4.74 Å². The molecule has 0 aromatic heterocycles. The minimum absolute atomic E-state index is 0.00214. The summed E-state index contributed by atoms with van der Waals surface area (Å²) in [5.41, 5.74) is -0.970. The standard InChI is InChI=1S/C18H21N3O8/c1-18(2,3)29-17(26)20-12(22)8-7-11(15(20)24)19-14(23)9-5-4-6-10(21(27)28)13(9)16(19)25/h4-5,9-11,13H,6-8H2,1-3H3. The second-order valence-corrected chi connectivity index (χ2v) is 8.22. The minimum Gasteiger partial charge on any atom is -0.443 e. The molecule has 0 radical (unpaired) electrons. The van der Waals surface area contributed by atoms with E-state index in [2.05, 4.69) is 0 Å². The first kappa shape index (κ1) is 20.6. The van der Waals surface area contributed by atoms with Crippen molar-refractivity contribution in [2.45, 2.75) is 57.7 Å². The van der Waals surface area contributed by atoms with Crippen LogP contribution in [0.5, 0.6) is 0 Å². The van der Waals surface area contributed by atoms with E-state index in [9.17, 15) is 34.1 Å². The Morgan fingerprint density at radius 2 is 1.83 bits per heavy atom. The quantitative estimate of drug-likeness (QED) is 0.281. The summed E-state index contributed by atoms with van der Waals surface area (Å²) in [6.45, 7) is 4.68. The number of imide groups is 4. The van der Waals surface area contributed by atoms with Gasteiger partial charge in [-0.3, -0.25) is 34.2 Å². The van der Waals surface area contributed by atoms with E-state index in [1.165, 1.54) is 12.2 Å². The summed E-state index contributed by atoms with van der Waals surface area (Å²) in [7, 11) is 0. The van der Waals surface area contributed by atoms with Crippen molar-refractivity contribution in [2.75, 3.05) is 0 Å². The molecule has 2 heterocycles. The van der Waals surface area contributed by atoms with Crippen molar-refractivity contribution < 1.29 is 33.6 Å². The van der Waals surface area contributed by atoms with Gasteiger partial charge in [-0.1, -0.05) is 12.2 Å². The first-order chi connectivity index (χ1) is 13.4. The number of hydrogen-bond acceptors (Lipinski definition) is 8. The number of nitro groups is 1. The van der Waals surface area contributed by atoms with Crippen molar-refractivity contribution in [2.24, 2.45) is 11.8 Å². The Labute approximate surface area is 165 Å². The first-order valence-corrected chi connectivity index (χ1v) is 9.21. The van der Waals surface area contributed by atoms with Gasteiger partial charge in [-0.2, -0.15) is 4.90 Å². The number of carbonyl (C=O) groups is 5. The molecule has 2 aliphatic heterocycles. The van der Waals surface area contributed by atoms with Gasteiger partial charge in [-0.05, 0) is 27.2 Å². The van der Waals surface area contributed by atoms with Crippen LogP contribution in [0, 0.1) is 22.0 Å². The average molecular weight is 407 g/mol. The number of rotatable bonds is 2. The Hall–Kier alpha value is -3.11. The van der Waals surface area contributed by atoms with E-state index in [1.807, 2.05) is 0 Å². The van der Waals surface area contributed by atoms with Gasteiger partial charge in [0.1, 0.15) is 17.6 Å². The third-order valence-electron chi connectivity index (χ3n) is 5.11. The normalized spacial score (nSPS) is 29.9. The van der Waals surface area contributed by atoms with Gasteiger partial charge in [0.25, 0.3) is 5.91 Å². The lowest BCUT2D eigenvalue weighted by Crippen LogP contribution is -2.58. The van der Waals surface area contributed by atoms with E-state index < -0.39 is 64.2 Å². The van der Waals surface area contributed by atoms with Crippen molar-refractivity contribution in [3.63, 3.8) is 0 Å². The molecule has 4 atom stereocenters. The van der Waals surface area contributed by atoms with Crippen LogP contribution in [-0.2, 0) is 23.9 Å². The largest absolute Gasteiger partial charge is 0.443 e. The molecular formula is C18H21N3O8. The van der Waals surface area contributed by atoms with Crippen molar-refractivity contribution in [3.8, 4) is 0 Å². The molecule has 11 nitrogen and oxygen atoms in total. The van der Waals surface area contributed by atoms with E-state index in [-0.39, 0.29) is 19.3 Å². The van der Waals surface area contributed by atoms with Crippen molar-refractivity contribution in [1.29, 1.82) is 0 Å². The van der Waals surface area contributed by atoms with Crippen molar-refractivity contribution in [1.82, 2.24) is 9.80 Å². The van der Waals surface area contributed by atoms with Gasteiger partial charge in [0.15, 0.2) is 0 Å². The summed E-state index contributed by atoms with van der Waals surface area (Å²) in [4.78, 5) is 74.8. The van der Waals surface area contributed by atoms with Crippen LogP contribution in [0.3, 0.4) is 0 Å². The van der Waals surface area contributed by atoms with Gasteiger partial charge >= 0.3 is 6.09 Å². The Balaban J connectivity index is 1.89. The fraction of sp³-hybridized carbons (Fsp3) is 0.611. The molecule has 5 amide bonds. The number of likely N-dealkylation sites (tertiary alicyclic amines) is 2. The molecule has 0 saturated carbocycles. The number of hydrogen-bond donors (Lipinski definition) is 0. The summed E-state index contributed by atoms with van der Waals surface area (Å²) in [5.74, 6) is -5.64. The predicted octanol–water partition coefficient (Wildman–Crippen LogP) is 0.645. The van der Waals surface area contributed by atoms with Crippen molar-refractivity contribution >= 4 is 29.7 Å². The number of amides is 5. The Morgan fingerprint density at radius 1 is 1.17 bits per heavy atom. The molecule has 0 aromatic carbocycles. The molecule has 1 aliphatic carbocycles. The highest BCUT2D eigenvalue weighted by atomic mass is 16.6. The molecule has 2 fully saturated rings. The number of carbonyl (C=O) groups excluding carboxylic acids is 5. The highest BCUT2D eigenvalue weighted by molar-refractivity contribution is 6.16. The average Bonchev–Trinajstić information content (AvgIpc) is 2.85. The number of ether oxygens (including phenoxy) is 1. The molecule has 11 heteroatoms. The van der Waals surface area contributed by atoms with Crippen LogP contribution in [0.2, 0.25) is 0 Å². The maximum absolute atomic E-state index is 12.9. The number of piperidine rings is 1. The summed E-state index contributed by atoms with van der Waals surface area (Å²) in [6.07, 6.45) is 1.33. The molecule has 3 rings (SSSR count). The predicted molar refractivity (Wildman–Crippen MR) is 94.5 cm³/mol. The molecule has 0 spiro atoms. The minimum atomic E-state index is -1.38. The van der Waals surface area contributed by atoms with Crippen LogP contribution >= 0.6 is 0 Å². The molecule has 4 unspecified atom stereocenters. The fourth-order valence-corrected chi connectivity index (χ4v) is 3.88. The van der Waals surface area contributed by atoms with Crippen LogP contribution in [-0.4, -0.2) is 62.1 Å². The maximum Gasteiger partial charge on any atom is 0.424 e. The summed E-state index contributed by atoms with van der Waals surface area (Å²) in [5, 5.41) is 11.3. The fourth-order valence-electron chi connectivity index (χ4n) is 3.88. The van der Waals surface area contributed by atoms with Crippen LogP contribution < -0.4 is 0 Å². The highest BCUT2D eigenvalue weighted by Crippen LogP contribution is 2.38. The van der Waals surface area contributed by atoms with Crippen LogP contribution in [0.1, 0.15) is 40.0 Å². The third kappa shape index (κ3) is 3.52. The molecular weight excluding hydrogens is 386 g/mol. The topological polar surface area (TPSA) is 144 Å². The van der Waals surface area contributed by atoms with E-state index in [1.54, 1.807) is 20.8 Å². The van der Waals surface area contributed by atoms with Gasteiger partial charge in [0.05, 0.1) is 5.92 Å². The SMILES string of the molecule is CC(C)(C)OC(=O)N1C(=O)CCC(N2C(=O)C3C=CCC([N+](=O)[O-])C3C2=O)C1=O. The van der Waals surface area contributed by atoms with E-state index in [4.69, 9.17) is 4.74 Å². The van der Waals surface area contributed by atoms with E-state index in [0.717, 1.165) is 0 Å². The number of fused-ring (bicyclic) bond motifs is 1. The zero-order valence-electron chi connectivity index (χ0n) is 16.2. The Kier molecular flexibility index (Phi) is 5.01. The summed E-state index contributed by atoms with van der Waals surface area (Å²) >= 11 is 0. The Bertz CT molecular complexity index is 843. The van der Waals surface area contributed by atoms with Crippen molar-refractivity contribution in [3.05, 3.63) is 22.3 Å². The van der Waals surface area contributed by atoms with Gasteiger partial charge in [-0.15, -0.1) is 0 Å².